The van der Waals surface area contributed by atoms with E-state index in [-0.39, 0.29) is 24.0 Å². The van der Waals surface area contributed by atoms with Gasteiger partial charge in [-0.1, -0.05) is 35.9 Å². The van der Waals surface area contributed by atoms with E-state index in [1.54, 1.807) is 25.3 Å². The largest absolute Gasteiger partial charge is 0.481 e. The summed E-state index contributed by atoms with van der Waals surface area (Å²) in [5.41, 5.74) is 9.70. The SMILES string of the molecule is COC[C@@H]1CCN1C[C@H](C[C@@H](Cc1ccc(-c2cc(Cl)ccc2F)cc1)NC(=O)/C(N)=C/NN)C(=O)O. The molecule has 0 aliphatic carbocycles. The number of nitrogens with two attached hydrogens (primary N) is 2. The maximum absolute atomic E-state index is 14.3. The number of nitrogens with one attached hydrogen (secondary N) is 2. The Morgan fingerprint density at radius 1 is 1.30 bits per heavy atom. The van der Waals surface area contributed by atoms with Crippen LogP contribution in [0.25, 0.3) is 11.1 Å². The Morgan fingerprint density at radius 3 is 2.62 bits per heavy atom. The third-order valence-corrected chi connectivity index (χ3v) is 6.74. The van der Waals surface area contributed by atoms with E-state index in [4.69, 9.17) is 27.9 Å². The molecule has 9 nitrogen and oxygen atoms in total. The number of likely N-dealkylation sites (tertiary alicyclic amines) is 1. The van der Waals surface area contributed by atoms with Crippen molar-refractivity contribution in [3.05, 3.63) is 70.8 Å². The fourth-order valence-electron chi connectivity index (χ4n) is 4.44. The van der Waals surface area contributed by atoms with E-state index < -0.39 is 23.8 Å². The monoisotopic (exact) mass is 533 g/mol. The van der Waals surface area contributed by atoms with Gasteiger partial charge in [0.2, 0.25) is 0 Å². The minimum Gasteiger partial charge on any atom is -0.481 e. The normalized spacial score (nSPS) is 17.5. The van der Waals surface area contributed by atoms with Crippen molar-refractivity contribution < 1.29 is 23.8 Å². The summed E-state index contributed by atoms with van der Waals surface area (Å²) in [5.74, 6) is 2.61. The molecule has 1 fully saturated rings. The zero-order chi connectivity index (χ0) is 26.9. The summed E-state index contributed by atoms with van der Waals surface area (Å²) >= 11 is 6.02. The van der Waals surface area contributed by atoms with Crippen LogP contribution in [-0.4, -0.2) is 60.8 Å². The fraction of sp³-hybridized carbons (Fsp3) is 0.385. The highest BCUT2D eigenvalue weighted by Gasteiger charge is 2.33. The number of rotatable bonds is 13. The van der Waals surface area contributed by atoms with Gasteiger partial charge in [0.25, 0.3) is 5.91 Å². The quantitative estimate of drug-likeness (QED) is 0.150. The third kappa shape index (κ3) is 7.90. The zero-order valence-electron chi connectivity index (χ0n) is 20.6. The lowest BCUT2D eigenvalue weighted by molar-refractivity contribution is -0.144. The number of hydrogen-bond donors (Lipinski definition) is 5. The van der Waals surface area contributed by atoms with Gasteiger partial charge in [0.1, 0.15) is 11.5 Å². The highest BCUT2D eigenvalue weighted by Crippen LogP contribution is 2.27. The molecule has 2 aromatic rings. The van der Waals surface area contributed by atoms with Crippen LogP contribution in [0.5, 0.6) is 0 Å². The van der Waals surface area contributed by atoms with Gasteiger partial charge in [0, 0.05) is 49.1 Å². The number of hydrogen-bond acceptors (Lipinski definition) is 7. The number of benzene rings is 2. The molecule has 0 saturated carbocycles. The molecule has 1 aliphatic heterocycles. The second kappa shape index (κ2) is 13.4. The first-order valence-electron chi connectivity index (χ1n) is 11.9. The molecule has 3 atom stereocenters. The van der Waals surface area contributed by atoms with Crippen molar-refractivity contribution in [2.24, 2.45) is 17.5 Å². The van der Waals surface area contributed by atoms with E-state index in [0.717, 1.165) is 24.7 Å². The van der Waals surface area contributed by atoms with Crippen LogP contribution in [0.2, 0.25) is 5.02 Å². The number of nitrogens with zero attached hydrogens (tertiary/aromatic N) is 1. The van der Waals surface area contributed by atoms with E-state index in [2.05, 4.69) is 15.6 Å². The van der Waals surface area contributed by atoms with E-state index in [9.17, 15) is 19.1 Å². The van der Waals surface area contributed by atoms with Gasteiger partial charge in [-0.05, 0) is 48.6 Å². The highest BCUT2D eigenvalue weighted by molar-refractivity contribution is 6.30. The predicted octanol–water partition coefficient (Wildman–Crippen LogP) is 2.25. The summed E-state index contributed by atoms with van der Waals surface area (Å²) in [6.45, 7) is 1.69. The molecule has 1 saturated heterocycles. The number of methoxy groups -OCH3 is 1. The van der Waals surface area contributed by atoms with E-state index in [0.29, 0.717) is 35.7 Å². The molecule has 0 radical (unpaired) electrons. The van der Waals surface area contributed by atoms with Crippen LogP contribution in [-0.2, 0) is 20.7 Å². The predicted molar refractivity (Wildman–Crippen MR) is 140 cm³/mol. The Morgan fingerprint density at radius 2 is 2.03 bits per heavy atom. The first-order chi connectivity index (χ1) is 17.7. The van der Waals surface area contributed by atoms with E-state index in [1.165, 1.54) is 12.1 Å². The van der Waals surface area contributed by atoms with Crippen molar-refractivity contribution in [3.63, 3.8) is 0 Å². The molecule has 11 heteroatoms. The summed E-state index contributed by atoms with van der Waals surface area (Å²) in [7, 11) is 1.62. The second-order valence-corrected chi connectivity index (χ2v) is 9.56. The van der Waals surface area contributed by atoms with Crippen LogP contribution in [0.1, 0.15) is 18.4 Å². The lowest BCUT2D eigenvalue weighted by Crippen LogP contribution is -2.53. The molecular formula is C26H33ClFN5O4. The number of carboxylic acid groups (broad SMARTS) is 1. The Labute approximate surface area is 220 Å². The third-order valence-electron chi connectivity index (χ3n) is 6.51. The Hall–Kier alpha value is -3.18. The number of halogens is 2. The molecule has 2 aromatic carbocycles. The molecule has 0 unspecified atom stereocenters. The minimum atomic E-state index is -0.943. The summed E-state index contributed by atoms with van der Waals surface area (Å²) in [5, 5.41) is 13.2. The van der Waals surface area contributed by atoms with Gasteiger partial charge in [-0.2, -0.15) is 0 Å². The Bertz CT molecular complexity index is 1110. The van der Waals surface area contributed by atoms with E-state index in [1.807, 2.05) is 12.1 Å². The molecule has 7 N–H and O–H groups in total. The molecular weight excluding hydrogens is 501 g/mol. The maximum Gasteiger partial charge on any atom is 0.307 e. The van der Waals surface area contributed by atoms with Crippen molar-refractivity contribution in [2.45, 2.75) is 31.3 Å². The lowest BCUT2D eigenvalue weighted by atomic mass is 9.91. The van der Waals surface area contributed by atoms with Crippen LogP contribution in [0, 0.1) is 11.7 Å². The number of ether oxygens (including phenoxy) is 1. The van der Waals surface area contributed by atoms with Crippen molar-refractivity contribution in [1.29, 1.82) is 0 Å². The summed E-state index contributed by atoms with van der Waals surface area (Å²) in [6, 6.07) is 11.2. The average molecular weight is 534 g/mol. The topological polar surface area (TPSA) is 143 Å². The Balaban J connectivity index is 1.77. The minimum absolute atomic E-state index is 0.131. The summed E-state index contributed by atoms with van der Waals surface area (Å²) in [4.78, 5) is 26.8. The number of amides is 1. The number of carboxylic acids is 1. The lowest BCUT2D eigenvalue weighted by Gasteiger charge is -2.42. The van der Waals surface area contributed by atoms with Crippen molar-refractivity contribution in [1.82, 2.24) is 15.6 Å². The number of aliphatic carboxylic acids is 1. The fourth-order valence-corrected chi connectivity index (χ4v) is 4.61. The van der Waals surface area contributed by atoms with Crippen LogP contribution >= 0.6 is 11.6 Å². The van der Waals surface area contributed by atoms with Gasteiger partial charge in [-0.25, -0.2) is 4.39 Å². The number of carbonyl (C=O) groups excluding carboxylic acids is 1. The first kappa shape index (κ1) is 28.4. The first-order valence-corrected chi connectivity index (χ1v) is 12.3. The standard InChI is InChI=1S/C26H33ClFN5O4/c1-37-15-21-8-9-33(21)14-18(26(35)36)11-20(32-25(34)24(29)13-31-30)10-16-2-4-17(5-3-16)22-12-19(27)6-7-23(22)28/h2-7,12-13,18,20-21,31H,8-11,14-15,29-30H2,1H3,(H,32,34)(H,35,36)/b24-13-/t18-,20+,21-/m0/s1. The van der Waals surface area contributed by atoms with Crippen LogP contribution in [0.15, 0.2) is 54.4 Å². The van der Waals surface area contributed by atoms with Crippen LogP contribution in [0.4, 0.5) is 4.39 Å². The van der Waals surface area contributed by atoms with Crippen LogP contribution in [0.3, 0.4) is 0 Å². The van der Waals surface area contributed by atoms with Crippen molar-refractivity contribution in [2.75, 3.05) is 26.8 Å². The smallest absolute Gasteiger partial charge is 0.307 e. The van der Waals surface area contributed by atoms with Crippen molar-refractivity contribution in [3.8, 4) is 11.1 Å². The Kier molecular flexibility index (Phi) is 10.3. The summed E-state index contributed by atoms with van der Waals surface area (Å²) in [6.07, 6.45) is 2.64. The van der Waals surface area contributed by atoms with E-state index >= 15 is 0 Å². The van der Waals surface area contributed by atoms with Gasteiger partial charge < -0.3 is 26.3 Å². The highest BCUT2D eigenvalue weighted by atomic mass is 35.5. The molecule has 1 aliphatic rings. The summed E-state index contributed by atoms with van der Waals surface area (Å²) < 4.78 is 19.5. The molecule has 1 heterocycles. The van der Waals surface area contributed by atoms with Gasteiger partial charge in [0.05, 0.1) is 12.5 Å². The second-order valence-electron chi connectivity index (χ2n) is 9.13. The molecule has 3 rings (SSSR count). The molecule has 200 valence electrons. The molecule has 0 bridgehead atoms. The van der Waals surface area contributed by atoms with Crippen molar-refractivity contribution >= 4 is 23.5 Å². The van der Waals surface area contributed by atoms with Crippen LogP contribution < -0.4 is 22.3 Å². The number of carbonyl (C=O) groups is 2. The van der Waals surface area contributed by atoms with Gasteiger partial charge in [-0.3, -0.25) is 20.3 Å². The molecule has 1 amide bonds. The van der Waals surface area contributed by atoms with Gasteiger partial charge in [-0.15, -0.1) is 0 Å². The number of hydrazine groups is 1. The molecule has 0 aromatic heterocycles. The zero-order valence-corrected chi connectivity index (χ0v) is 21.4. The maximum atomic E-state index is 14.3. The molecule has 37 heavy (non-hydrogen) atoms. The van der Waals surface area contributed by atoms with Gasteiger partial charge in [0.15, 0.2) is 0 Å². The van der Waals surface area contributed by atoms with Gasteiger partial charge >= 0.3 is 5.97 Å². The molecule has 0 spiro atoms. The average Bonchev–Trinajstić information content (AvgIpc) is 2.86.